The van der Waals surface area contributed by atoms with E-state index in [0.29, 0.717) is 18.2 Å². The minimum absolute atomic E-state index is 0.0151. The summed E-state index contributed by atoms with van der Waals surface area (Å²) in [4.78, 5) is 0. The van der Waals surface area contributed by atoms with E-state index in [9.17, 15) is 8.78 Å². The summed E-state index contributed by atoms with van der Waals surface area (Å²) in [6.45, 7) is 11.4. The second kappa shape index (κ2) is 5.76. The molecule has 2 rings (SSSR count). The van der Waals surface area contributed by atoms with Crippen LogP contribution < -0.4 is 5.32 Å². The lowest BCUT2D eigenvalue weighted by Crippen LogP contribution is -2.21. The lowest BCUT2D eigenvalue weighted by Gasteiger charge is -2.19. The van der Waals surface area contributed by atoms with Gasteiger partial charge in [-0.2, -0.15) is 0 Å². The second-order valence-corrected chi connectivity index (χ2v) is 6.91. The average molecular weight is 295 g/mol. The third-order valence-corrected chi connectivity index (χ3v) is 3.40. The van der Waals surface area contributed by atoms with Gasteiger partial charge in [0.1, 0.15) is 11.6 Å². The molecule has 0 aliphatic heterocycles. The Morgan fingerprint density at radius 2 is 1.76 bits per heavy atom. The minimum Gasteiger partial charge on any atom is -0.456 e. The predicted molar refractivity (Wildman–Crippen MR) is 81.4 cm³/mol. The monoisotopic (exact) mass is 295 g/mol. The smallest absolute Gasteiger partial charge is 0.173 e. The first-order valence-electron chi connectivity index (χ1n) is 7.32. The molecule has 4 heteroatoms. The summed E-state index contributed by atoms with van der Waals surface area (Å²) in [6, 6.07) is 2.27. The van der Waals surface area contributed by atoms with Gasteiger partial charge >= 0.3 is 0 Å². The zero-order chi connectivity index (χ0) is 15.8. The van der Waals surface area contributed by atoms with Gasteiger partial charge in [-0.15, -0.1) is 0 Å². The van der Waals surface area contributed by atoms with Crippen LogP contribution in [0.3, 0.4) is 0 Å². The molecule has 21 heavy (non-hydrogen) atoms. The van der Waals surface area contributed by atoms with Crippen molar-refractivity contribution in [1.82, 2.24) is 5.32 Å². The molecular formula is C17H23F2NO. The van der Waals surface area contributed by atoms with Gasteiger partial charge in [0.15, 0.2) is 11.4 Å². The van der Waals surface area contributed by atoms with Crippen molar-refractivity contribution in [3.63, 3.8) is 0 Å². The van der Waals surface area contributed by atoms with Crippen LogP contribution in [0, 0.1) is 17.6 Å². The van der Waals surface area contributed by atoms with Crippen molar-refractivity contribution in [2.24, 2.45) is 5.92 Å². The van der Waals surface area contributed by atoms with Gasteiger partial charge in [-0.05, 0) is 30.0 Å². The van der Waals surface area contributed by atoms with Crippen LogP contribution in [0.25, 0.3) is 11.0 Å². The van der Waals surface area contributed by atoms with E-state index in [2.05, 4.69) is 19.2 Å². The molecule has 0 saturated heterocycles. The van der Waals surface area contributed by atoms with E-state index in [1.165, 1.54) is 0 Å². The van der Waals surface area contributed by atoms with Gasteiger partial charge < -0.3 is 9.73 Å². The summed E-state index contributed by atoms with van der Waals surface area (Å²) in [5, 5.41) is 3.54. The van der Waals surface area contributed by atoms with Crippen molar-refractivity contribution in [2.75, 3.05) is 6.54 Å². The number of hydrogen-bond donors (Lipinski definition) is 1. The number of hydrogen-bond acceptors (Lipinski definition) is 2. The van der Waals surface area contributed by atoms with Gasteiger partial charge in [-0.3, -0.25) is 0 Å². The topological polar surface area (TPSA) is 25.2 Å². The van der Waals surface area contributed by atoms with Crippen molar-refractivity contribution < 1.29 is 13.2 Å². The number of rotatable bonds is 4. The van der Waals surface area contributed by atoms with E-state index in [1.54, 1.807) is 0 Å². The molecule has 1 N–H and O–H groups in total. The van der Waals surface area contributed by atoms with E-state index in [0.717, 1.165) is 24.2 Å². The molecule has 0 aliphatic rings. The van der Waals surface area contributed by atoms with Crippen LogP contribution in [0.4, 0.5) is 8.78 Å². The Bertz CT molecular complexity index is 638. The molecule has 116 valence electrons. The van der Waals surface area contributed by atoms with Gasteiger partial charge in [0.2, 0.25) is 0 Å². The molecule has 0 unspecified atom stereocenters. The SMILES string of the molecule is CC(C)CNCc1oc2c(F)ccc(F)c2c1C(C)(C)C. The number of furan rings is 1. The molecular weight excluding hydrogens is 272 g/mol. The molecule has 2 aromatic rings. The van der Waals surface area contributed by atoms with Crippen LogP contribution in [0.2, 0.25) is 0 Å². The maximum absolute atomic E-state index is 14.2. The highest BCUT2D eigenvalue weighted by atomic mass is 19.1. The molecule has 0 amide bonds. The largest absolute Gasteiger partial charge is 0.456 e. The fraction of sp³-hybridized carbons (Fsp3) is 0.529. The fourth-order valence-electron chi connectivity index (χ4n) is 2.57. The summed E-state index contributed by atoms with van der Waals surface area (Å²) in [7, 11) is 0. The third-order valence-electron chi connectivity index (χ3n) is 3.40. The Labute approximate surface area is 124 Å². The Kier molecular flexibility index (Phi) is 4.38. The zero-order valence-corrected chi connectivity index (χ0v) is 13.3. The summed E-state index contributed by atoms with van der Waals surface area (Å²) in [5.41, 5.74) is 0.432. The Morgan fingerprint density at radius 3 is 2.33 bits per heavy atom. The summed E-state index contributed by atoms with van der Waals surface area (Å²) in [5.74, 6) is 0.158. The maximum Gasteiger partial charge on any atom is 0.173 e. The molecule has 1 aromatic heterocycles. The van der Waals surface area contributed by atoms with Gasteiger partial charge in [-0.25, -0.2) is 8.78 Å². The summed E-state index contributed by atoms with van der Waals surface area (Å²) < 4.78 is 33.7. The molecule has 0 spiro atoms. The number of benzene rings is 1. The van der Waals surface area contributed by atoms with Crippen LogP contribution in [0.15, 0.2) is 16.5 Å². The standard InChI is InChI=1S/C17H23F2NO/c1-10(2)8-20-9-13-15(17(3,4)5)14-11(18)6-7-12(19)16(14)21-13/h6-7,10,20H,8-9H2,1-5H3. The average Bonchev–Trinajstić information content (AvgIpc) is 2.74. The van der Waals surface area contributed by atoms with E-state index in [4.69, 9.17) is 4.42 Å². The van der Waals surface area contributed by atoms with Crippen molar-refractivity contribution in [3.8, 4) is 0 Å². The first-order valence-corrected chi connectivity index (χ1v) is 7.32. The van der Waals surface area contributed by atoms with Gasteiger partial charge in [0, 0.05) is 5.56 Å². The van der Waals surface area contributed by atoms with Crippen molar-refractivity contribution >= 4 is 11.0 Å². The van der Waals surface area contributed by atoms with Crippen molar-refractivity contribution in [2.45, 2.75) is 46.6 Å². The van der Waals surface area contributed by atoms with Crippen LogP contribution in [-0.4, -0.2) is 6.54 Å². The van der Waals surface area contributed by atoms with E-state index in [1.807, 2.05) is 20.8 Å². The Morgan fingerprint density at radius 1 is 1.14 bits per heavy atom. The predicted octanol–water partition coefficient (Wildman–Crippen LogP) is 4.75. The van der Waals surface area contributed by atoms with E-state index in [-0.39, 0.29) is 16.4 Å². The molecule has 0 aliphatic carbocycles. The number of nitrogens with one attached hydrogen (secondary N) is 1. The molecule has 0 bridgehead atoms. The third kappa shape index (κ3) is 3.26. The molecule has 1 heterocycles. The summed E-state index contributed by atoms with van der Waals surface area (Å²) in [6.07, 6.45) is 0. The van der Waals surface area contributed by atoms with Gasteiger partial charge in [0.05, 0.1) is 11.9 Å². The highest BCUT2D eigenvalue weighted by molar-refractivity contribution is 5.84. The van der Waals surface area contributed by atoms with Crippen LogP contribution in [0.1, 0.15) is 45.9 Å². The first-order chi connectivity index (χ1) is 9.71. The molecule has 0 saturated carbocycles. The van der Waals surface area contributed by atoms with Gasteiger partial charge in [-0.1, -0.05) is 34.6 Å². The quantitative estimate of drug-likeness (QED) is 0.880. The fourth-order valence-corrected chi connectivity index (χ4v) is 2.57. The molecule has 0 radical (unpaired) electrons. The molecule has 0 fully saturated rings. The lowest BCUT2D eigenvalue weighted by atomic mass is 9.84. The van der Waals surface area contributed by atoms with Crippen LogP contribution in [0.5, 0.6) is 0 Å². The Hall–Kier alpha value is -1.42. The van der Waals surface area contributed by atoms with Crippen LogP contribution >= 0.6 is 0 Å². The zero-order valence-electron chi connectivity index (χ0n) is 13.3. The highest BCUT2D eigenvalue weighted by Crippen LogP contribution is 2.38. The molecule has 2 nitrogen and oxygen atoms in total. The van der Waals surface area contributed by atoms with Crippen molar-refractivity contribution in [1.29, 1.82) is 0 Å². The van der Waals surface area contributed by atoms with Crippen molar-refractivity contribution in [3.05, 3.63) is 35.1 Å². The normalized spacial score (nSPS) is 12.6. The second-order valence-electron chi connectivity index (χ2n) is 6.91. The lowest BCUT2D eigenvalue weighted by molar-refractivity contribution is 0.457. The molecule has 0 atom stereocenters. The summed E-state index contributed by atoms with van der Waals surface area (Å²) >= 11 is 0. The number of halogens is 2. The minimum atomic E-state index is -0.521. The van der Waals surface area contributed by atoms with Crippen LogP contribution in [-0.2, 0) is 12.0 Å². The van der Waals surface area contributed by atoms with Gasteiger partial charge in [0.25, 0.3) is 0 Å². The first kappa shape index (κ1) is 16.0. The number of fused-ring (bicyclic) bond motifs is 1. The Balaban J connectivity index is 2.54. The maximum atomic E-state index is 14.2. The van der Waals surface area contributed by atoms with E-state index >= 15 is 0 Å². The molecule has 1 aromatic carbocycles. The van der Waals surface area contributed by atoms with E-state index < -0.39 is 11.6 Å². The highest BCUT2D eigenvalue weighted by Gasteiger charge is 2.28.